The van der Waals surface area contributed by atoms with E-state index in [0.717, 1.165) is 36.9 Å². The molecule has 0 spiro atoms. The molecular weight excluding hydrogens is 240 g/mol. The average molecular weight is 260 g/mol. The summed E-state index contributed by atoms with van der Waals surface area (Å²) in [5.74, 6) is 2.71. The molecule has 2 aromatic rings. The van der Waals surface area contributed by atoms with Gasteiger partial charge in [-0.3, -0.25) is 0 Å². The molecule has 2 aromatic heterocycles. The van der Waals surface area contributed by atoms with E-state index in [0.29, 0.717) is 0 Å². The summed E-state index contributed by atoms with van der Waals surface area (Å²) in [7, 11) is 2.01. The van der Waals surface area contributed by atoms with Crippen molar-refractivity contribution in [1.29, 1.82) is 0 Å². The molecule has 0 aliphatic rings. The predicted octanol–water partition coefficient (Wildman–Crippen LogP) is 2.84. The summed E-state index contributed by atoms with van der Waals surface area (Å²) in [6.07, 6.45) is 4.38. The average Bonchev–Trinajstić information content (AvgIpc) is 2.82. The number of anilines is 2. The molecular formula is C14H20N4O. The fraction of sp³-hybridized carbons (Fsp3) is 0.429. The fourth-order valence-electron chi connectivity index (χ4n) is 1.82. The summed E-state index contributed by atoms with van der Waals surface area (Å²) >= 11 is 0. The van der Waals surface area contributed by atoms with E-state index in [9.17, 15) is 0 Å². The minimum Gasteiger partial charge on any atom is -0.469 e. The van der Waals surface area contributed by atoms with Crippen molar-refractivity contribution in [2.75, 3.05) is 23.8 Å². The van der Waals surface area contributed by atoms with Crippen molar-refractivity contribution in [3.8, 4) is 0 Å². The van der Waals surface area contributed by atoms with Crippen LogP contribution in [0.3, 0.4) is 0 Å². The number of nitrogens with zero attached hydrogens (tertiary/aromatic N) is 3. The van der Waals surface area contributed by atoms with Crippen LogP contribution in [0.25, 0.3) is 0 Å². The molecule has 102 valence electrons. The third-order valence-corrected chi connectivity index (χ3v) is 2.97. The second-order valence-corrected chi connectivity index (χ2v) is 4.55. The van der Waals surface area contributed by atoms with Crippen LogP contribution >= 0.6 is 0 Å². The number of nitrogens with one attached hydrogen (secondary N) is 1. The molecule has 0 aliphatic carbocycles. The number of hydrogen-bond donors (Lipinski definition) is 1. The van der Waals surface area contributed by atoms with E-state index in [1.807, 2.05) is 26.1 Å². The molecule has 0 amide bonds. The van der Waals surface area contributed by atoms with Gasteiger partial charge in [0.15, 0.2) is 0 Å². The summed E-state index contributed by atoms with van der Waals surface area (Å²) in [4.78, 5) is 10.6. The Morgan fingerprint density at radius 1 is 1.37 bits per heavy atom. The van der Waals surface area contributed by atoms with Gasteiger partial charge in [0.1, 0.15) is 23.7 Å². The highest BCUT2D eigenvalue weighted by Crippen LogP contribution is 2.17. The lowest BCUT2D eigenvalue weighted by atomic mass is 10.2. The number of aryl methyl sites for hydroxylation is 1. The first-order chi connectivity index (χ1) is 9.20. The smallest absolute Gasteiger partial charge is 0.134 e. The molecule has 19 heavy (non-hydrogen) atoms. The molecule has 0 saturated heterocycles. The second-order valence-electron chi connectivity index (χ2n) is 4.55. The summed E-state index contributed by atoms with van der Waals surface area (Å²) in [5, 5.41) is 3.26. The van der Waals surface area contributed by atoms with Gasteiger partial charge >= 0.3 is 0 Å². The zero-order valence-corrected chi connectivity index (χ0v) is 11.7. The Balaban J connectivity index is 2.06. The molecule has 0 atom stereocenters. The summed E-state index contributed by atoms with van der Waals surface area (Å²) < 4.78 is 5.31. The number of hydrogen-bond acceptors (Lipinski definition) is 5. The highest BCUT2D eigenvalue weighted by molar-refractivity contribution is 5.48. The second kappa shape index (κ2) is 6.22. The molecule has 0 radical (unpaired) electrons. The lowest BCUT2D eigenvalue weighted by Crippen LogP contribution is -2.18. The largest absolute Gasteiger partial charge is 0.469 e. The standard InChI is InChI=1S/C14H20N4O/c1-4-6-15-13-8-14(17-10-16-13)18(3)9-12-5-7-19-11(12)2/h5,7-8,10H,4,6,9H2,1-3H3,(H,15,16,17). The van der Waals surface area contributed by atoms with Crippen molar-refractivity contribution >= 4 is 11.6 Å². The molecule has 0 fully saturated rings. The van der Waals surface area contributed by atoms with Crippen LogP contribution in [0.1, 0.15) is 24.7 Å². The van der Waals surface area contributed by atoms with E-state index in [4.69, 9.17) is 4.42 Å². The Kier molecular flexibility index (Phi) is 4.39. The molecule has 0 bridgehead atoms. The molecule has 5 heteroatoms. The van der Waals surface area contributed by atoms with Crippen molar-refractivity contribution < 1.29 is 4.42 Å². The molecule has 0 aromatic carbocycles. The fourth-order valence-corrected chi connectivity index (χ4v) is 1.82. The zero-order valence-electron chi connectivity index (χ0n) is 11.7. The van der Waals surface area contributed by atoms with Gasteiger partial charge in [-0.05, 0) is 19.4 Å². The molecule has 2 heterocycles. The van der Waals surface area contributed by atoms with Gasteiger partial charge in [0.2, 0.25) is 0 Å². The highest BCUT2D eigenvalue weighted by atomic mass is 16.3. The maximum atomic E-state index is 5.31. The third-order valence-electron chi connectivity index (χ3n) is 2.97. The summed E-state index contributed by atoms with van der Waals surface area (Å²) in [6, 6.07) is 3.95. The van der Waals surface area contributed by atoms with Crippen LogP contribution in [-0.2, 0) is 6.54 Å². The van der Waals surface area contributed by atoms with Crippen LogP contribution in [0.5, 0.6) is 0 Å². The number of aromatic nitrogens is 2. The topological polar surface area (TPSA) is 54.2 Å². The van der Waals surface area contributed by atoms with E-state index >= 15 is 0 Å². The monoisotopic (exact) mass is 260 g/mol. The van der Waals surface area contributed by atoms with Gasteiger partial charge in [-0.2, -0.15) is 0 Å². The van der Waals surface area contributed by atoms with Crippen molar-refractivity contribution in [2.24, 2.45) is 0 Å². The van der Waals surface area contributed by atoms with E-state index < -0.39 is 0 Å². The van der Waals surface area contributed by atoms with Gasteiger partial charge in [-0.1, -0.05) is 6.92 Å². The first-order valence-corrected chi connectivity index (χ1v) is 6.50. The van der Waals surface area contributed by atoms with Crippen LogP contribution in [0.15, 0.2) is 29.1 Å². The predicted molar refractivity (Wildman–Crippen MR) is 76.4 cm³/mol. The molecule has 0 unspecified atom stereocenters. The van der Waals surface area contributed by atoms with E-state index in [-0.39, 0.29) is 0 Å². The van der Waals surface area contributed by atoms with Gasteiger partial charge in [-0.25, -0.2) is 9.97 Å². The maximum absolute atomic E-state index is 5.31. The normalized spacial score (nSPS) is 10.5. The lowest BCUT2D eigenvalue weighted by molar-refractivity contribution is 0.529. The van der Waals surface area contributed by atoms with Crippen molar-refractivity contribution in [2.45, 2.75) is 26.8 Å². The van der Waals surface area contributed by atoms with E-state index in [1.54, 1.807) is 12.6 Å². The first-order valence-electron chi connectivity index (χ1n) is 6.50. The molecule has 0 saturated carbocycles. The number of furan rings is 1. The van der Waals surface area contributed by atoms with Crippen LogP contribution in [0, 0.1) is 6.92 Å². The van der Waals surface area contributed by atoms with Crippen molar-refractivity contribution in [1.82, 2.24) is 9.97 Å². The maximum Gasteiger partial charge on any atom is 0.134 e. The van der Waals surface area contributed by atoms with Gasteiger partial charge in [0, 0.05) is 31.8 Å². The van der Waals surface area contributed by atoms with Crippen LogP contribution in [0.4, 0.5) is 11.6 Å². The lowest BCUT2D eigenvalue weighted by Gasteiger charge is -2.18. The van der Waals surface area contributed by atoms with E-state index in [2.05, 4.69) is 27.1 Å². The third kappa shape index (κ3) is 3.47. The molecule has 2 rings (SSSR count). The Bertz CT molecular complexity index is 524. The quantitative estimate of drug-likeness (QED) is 0.865. The van der Waals surface area contributed by atoms with Crippen LogP contribution in [-0.4, -0.2) is 23.6 Å². The first kappa shape index (κ1) is 13.4. The van der Waals surface area contributed by atoms with E-state index in [1.165, 1.54) is 5.56 Å². The minimum absolute atomic E-state index is 0.770. The molecule has 1 N–H and O–H groups in total. The van der Waals surface area contributed by atoms with Gasteiger partial charge < -0.3 is 14.6 Å². The summed E-state index contributed by atoms with van der Waals surface area (Å²) in [6.45, 7) is 5.79. The van der Waals surface area contributed by atoms with Crippen LogP contribution in [0.2, 0.25) is 0 Å². The SMILES string of the molecule is CCCNc1cc(N(C)Cc2ccoc2C)ncn1. The number of rotatable bonds is 6. The Morgan fingerprint density at radius 3 is 2.89 bits per heavy atom. The molecule has 5 nitrogen and oxygen atoms in total. The van der Waals surface area contributed by atoms with Crippen molar-refractivity contribution in [3.63, 3.8) is 0 Å². The molecule has 0 aliphatic heterocycles. The zero-order chi connectivity index (χ0) is 13.7. The van der Waals surface area contributed by atoms with Crippen molar-refractivity contribution in [3.05, 3.63) is 36.0 Å². The minimum atomic E-state index is 0.770. The highest BCUT2D eigenvalue weighted by Gasteiger charge is 2.08. The van der Waals surface area contributed by atoms with Gasteiger partial charge in [-0.15, -0.1) is 0 Å². The van der Waals surface area contributed by atoms with Crippen LogP contribution < -0.4 is 10.2 Å². The van der Waals surface area contributed by atoms with Gasteiger partial charge in [0.25, 0.3) is 0 Å². The van der Waals surface area contributed by atoms with Gasteiger partial charge in [0.05, 0.1) is 6.26 Å². The summed E-state index contributed by atoms with van der Waals surface area (Å²) in [5.41, 5.74) is 1.17. The Hall–Kier alpha value is -2.04. The Labute approximate surface area is 113 Å². The Morgan fingerprint density at radius 2 is 2.21 bits per heavy atom.